The van der Waals surface area contributed by atoms with Crippen molar-refractivity contribution in [3.63, 3.8) is 0 Å². The summed E-state index contributed by atoms with van der Waals surface area (Å²) in [5.41, 5.74) is 8.53. The van der Waals surface area contributed by atoms with Crippen molar-refractivity contribution in [2.75, 3.05) is 6.61 Å². The second-order valence-corrected chi connectivity index (χ2v) is 13.5. The molecule has 1 atom stereocenters. The number of ether oxygens (including phenoxy) is 1. The number of carbonyl (C=O) groups is 2. The number of nitrogens with one attached hydrogen (secondary N) is 2. The normalized spacial score (nSPS) is 12.7. The van der Waals surface area contributed by atoms with Gasteiger partial charge in [-0.1, -0.05) is 170 Å². The largest absolute Gasteiger partial charge is 0.449 e. The lowest BCUT2D eigenvalue weighted by molar-refractivity contribution is -0.123. The smallest absolute Gasteiger partial charge is 0.407 e. The molecule has 6 aromatic carbocycles. The average Bonchev–Trinajstić information content (AvgIpc) is 3.83. The maximum absolute atomic E-state index is 13.9. The highest BCUT2D eigenvalue weighted by Gasteiger charge is 2.39. The first kappa shape index (κ1) is 34.4. The number of alkyl carbamates (subject to hydrolysis) is 1. The van der Waals surface area contributed by atoms with Gasteiger partial charge in [-0.25, -0.2) is 9.78 Å². The first-order chi connectivity index (χ1) is 26.6. The van der Waals surface area contributed by atoms with E-state index >= 15 is 0 Å². The number of rotatable bonds is 12. The summed E-state index contributed by atoms with van der Waals surface area (Å²) in [6, 6.07) is 56.2. The van der Waals surface area contributed by atoms with E-state index in [4.69, 9.17) is 9.72 Å². The van der Waals surface area contributed by atoms with Crippen LogP contribution in [-0.4, -0.2) is 34.2 Å². The van der Waals surface area contributed by atoms with Gasteiger partial charge in [-0.05, 0) is 44.5 Å². The molecule has 1 aromatic heterocycles. The van der Waals surface area contributed by atoms with Gasteiger partial charge in [0.05, 0.1) is 12.0 Å². The van der Waals surface area contributed by atoms with Crippen LogP contribution in [0.25, 0.3) is 11.1 Å². The number of hydrogen-bond acceptors (Lipinski definition) is 4. The van der Waals surface area contributed by atoms with Gasteiger partial charge in [0.25, 0.3) is 0 Å². The second kappa shape index (κ2) is 15.5. The molecule has 0 saturated carbocycles. The zero-order valence-corrected chi connectivity index (χ0v) is 29.7. The fraction of sp³-hybridized carbons (Fsp3) is 0.128. The summed E-state index contributed by atoms with van der Waals surface area (Å²) >= 11 is 0. The van der Waals surface area contributed by atoms with E-state index in [9.17, 15) is 9.59 Å². The number of fused-ring (bicyclic) bond motifs is 3. The molecule has 0 fully saturated rings. The van der Waals surface area contributed by atoms with Gasteiger partial charge in [0.15, 0.2) is 0 Å². The molecule has 7 aromatic rings. The lowest BCUT2D eigenvalue weighted by Gasteiger charge is -2.37. The van der Waals surface area contributed by atoms with Gasteiger partial charge in [0, 0.05) is 25.1 Å². The minimum atomic E-state index is -0.952. The molecule has 266 valence electrons. The van der Waals surface area contributed by atoms with Crippen molar-refractivity contribution < 1.29 is 14.3 Å². The van der Waals surface area contributed by atoms with Crippen LogP contribution < -0.4 is 10.6 Å². The number of nitrogens with zero attached hydrogens (tertiary/aromatic N) is 2. The minimum Gasteiger partial charge on any atom is -0.449 e. The van der Waals surface area contributed by atoms with E-state index in [-0.39, 0.29) is 24.9 Å². The van der Waals surface area contributed by atoms with E-state index in [2.05, 4.69) is 75.9 Å². The Hall–Kier alpha value is -6.73. The summed E-state index contributed by atoms with van der Waals surface area (Å²) in [6.07, 6.45) is 3.27. The third-order valence-electron chi connectivity index (χ3n) is 10.3. The standard InChI is InChI=1S/C47H40N4O3/c52-45(48-30-34-17-5-1-6-18-34)44(50-46(53)54-32-43-41-27-15-13-25-39(41)40-26-14-16-28-42(40)43)29-38-31-51(33-49-38)47(35-19-7-2-8-20-35,36-21-9-3-10-22-36)37-23-11-4-12-24-37/h1-28,31,33,43-44H,29-30,32H2,(H,48,52)(H,50,53)/t44-/m0/s1. The fourth-order valence-electron chi connectivity index (χ4n) is 7.75. The summed E-state index contributed by atoms with van der Waals surface area (Å²) in [4.78, 5) is 32.3. The van der Waals surface area contributed by atoms with Gasteiger partial charge in [-0.3, -0.25) is 4.79 Å². The van der Waals surface area contributed by atoms with E-state index < -0.39 is 17.7 Å². The Morgan fingerprint density at radius 2 is 1.13 bits per heavy atom. The maximum Gasteiger partial charge on any atom is 0.407 e. The van der Waals surface area contributed by atoms with Crippen LogP contribution >= 0.6 is 0 Å². The quantitative estimate of drug-likeness (QED) is 0.125. The first-order valence-electron chi connectivity index (χ1n) is 18.2. The van der Waals surface area contributed by atoms with Crippen molar-refractivity contribution in [3.05, 3.63) is 221 Å². The highest BCUT2D eigenvalue weighted by Crippen LogP contribution is 2.45. The Kier molecular flexibility index (Phi) is 9.85. The lowest BCUT2D eigenvalue weighted by atomic mass is 9.77. The zero-order chi connectivity index (χ0) is 36.7. The van der Waals surface area contributed by atoms with Crippen molar-refractivity contribution in [2.24, 2.45) is 0 Å². The molecule has 1 heterocycles. The molecule has 8 rings (SSSR count). The van der Waals surface area contributed by atoms with Crippen LogP contribution in [0.5, 0.6) is 0 Å². The molecule has 0 bridgehead atoms. The third kappa shape index (κ3) is 6.79. The lowest BCUT2D eigenvalue weighted by Crippen LogP contribution is -2.48. The number of aromatic nitrogens is 2. The van der Waals surface area contributed by atoms with Crippen molar-refractivity contribution in [2.45, 2.75) is 30.5 Å². The molecular formula is C47H40N4O3. The molecule has 2 N–H and O–H groups in total. The van der Waals surface area contributed by atoms with Crippen LogP contribution in [-0.2, 0) is 28.0 Å². The molecular weight excluding hydrogens is 669 g/mol. The number of carbonyl (C=O) groups excluding carboxylic acids is 2. The predicted molar refractivity (Wildman–Crippen MR) is 211 cm³/mol. The van der Waals surface area contributed by atoms with Crippen molar-refractivity contribution in [1.82, 2.24) is 20.2 Å². The van der Waals surface area contributed by atoms with Gasteiger partial charge in [0.2, 0.25) is 5.91 Å². The van der Waals surface area contributed by atoms with Crippen LogP contribution in [0.4, 0.5) is 4.79 Å². The van der Waals surface area contributed by atoms with Gasteiger partial charge >= 0.3 is 6.09 Å². The molecule has 7 heteroatoms. The van der Waals surface area contributed by atoms with Gasteiger partial charge < -0.3 is 19.9 Å². The van der Waals surface area contributed by atoms with E-state index in [1.165, 1.54) is 0 Å². The number of imidazole rings is 1. The molecule has 2 amide bonds. The van der Waals surface area contributed by atoms with Gasteiger partial charge in [0.1, 0.15) is 18.2 Å². The third-order valence-corrected chi connectivity index (χ3v) is 10.3. The summed E-state index contributed by atoms with van der Waals surface area (Å²) in [5, 5.41) is 5.91. The summed E-state index contributed by atoms with van der Waals surface area (Å²) < 4.78 is 8.00. The average molecular weight is 709 g/mol. The molecule has 0 saturated heterocycles. The summed E-state index contributed by atoms with van der Waals surface area (Å²) in [7, 11) is 0. The SMILES string of the molecule is O=C(N[C@@H](Cc1cn(C(c2ccccc2)(c2ccccc2)c2ccccc2)cn1)C(=O)NCc1ccccc1)OCC1c2ccccc2-c2ccccc21. The molecule has 1 aliphatic rings. The monoisotopic (exact) mass is 708 g/mol. The number of hydrogen-bond donors (Lipinski definition) is 2. The summed E-state index contributed by atoms with van der Waals surface area (Å²) in [6.45, 7) is 0.455. The van der Waals surface area contributed by atoms with Crippen molar-refractivity contribution in [3.8, 4) is 11.1 Å². The van der Waals surface area contributed by atoms with Crippen LogP contribution in [0.15, 0.2) is 182 Å². The highest BCUT2D eigenvalue weighted by atomic mass is 16.5. The maximum atomic E-state index is 13.9. The molecule has 1 aliphatic carbocycles. The zero-order valence-electron chi connectivity index (χ0n) is 29.7. The molecule has 0 radical (unpaired) electrons. The fourth-order valence-corrected chi connectivity index (χ4v) is 7.75. The first-order valence-corrected chi connectivity index (χ1v) is 18.2. The van der Waals surface area contributed by atoms with Crippen LogP contribution in [0.2, 0.25) is 0 Å². The second-order valence-electron chi connectivity index (χ2n) is 13.5. The highest BCUT2D eigenvalue weighted by molar-refractivity contribution is 5.86. The number of amides is 2. The van der Waals surface area contributed by atoms with E-state index in [0.717, 1.165) is 44.5 Å². The van der Waals surface area contributed by atoms with Gasteiger partial charge in [-0.15, -0.1) is 0 Å². The Morgan fingerprint density at radius 1 is 0.648 bits per heavy atom. The summed E-state index contributed by atoms with van der Waals surface area (Å²) in [5.74, 6) is -0.436. The Morgan fingerprint density at radius 3 is 1.67 bits per heavy atom. The van der Waals surface area contributed by atoms with E-state index in [0.29, 0.717) is 12.2 Å². The van der Waals surface area contributed by atoms with Crippen molar-refractivity contribution >= 4 is 12.0 Å². The molecule has 54 heavy (non-hydrogen) atoms. The van der Waals surface area contributed by atoms with Crippen LogP contribution in [0.1, 0.15) is 45.0 Å². The molecule has 0 aliphatic heterocycles. The van der Waals surface area contributed by atoms with Crippen molar-refractivity contribution in [1.29, 1.82) is 0 Å². The predicted octanol–water partition coefficient (Wildman–Crippen LogP) is 8.49. The Bertz CT molecular complexity index is 2200. The van der Waals surface area contributed by atoms with Gasteiger partial charge in [-0.2, -0.15) is 0 Å². The Balaban J connectivity index is 1.09. The van der Waals surface area contributed by atoms with E-state index in [1.54, 1.807) is 0 Å². The topological polar surface area (TPSA) is 85.2 Å². The van der Waals surface area contributed by atoms with Crippen LogP contribution in [0.3, 0.4) is 0 Å². The van der Waals surface area contributed by atoms with Crippen LogP contribution in [0, 0.1) is 0 Å². The molecule has 0 spiro atoms. The number of benzene rings is 6. The minimum absolute atomic E-state index is 0.105. The molecule has 0 unspecified atom stereocenters. The van der Waals surface area contributed by atoms with E-state index in [1.807, 2.05) is 122 Å². The molecule has 7 nitrogen and oxygen atoms in total. The Labute approximate surface area is 315 Å².